The molecule has 1 aliphatic rings. The van der Waals surface area contributed by atoms with Gasteiger partial charge in [0.25, 0.3) is 0 Å². The third-order valence-electron chi connectivity index (χ3n) is 5.99. The van der Waals surface area contributed by atoms with Gasteiger partial charge in [-0.1, -0.05) is 19.1 Å². The summed E-state index contributed by atoms with van der Waals surface area (Å²) < 4.78 is 18.3. The second-order valence-electron chi connectivity index (χ2n) is 8.56. The molecule has 0 bridgehead atoms. The van der Waals surface area contributed by atoms with Gasteiger partial charge in [0.2, 0.25) is 5.88 Å². The molecule has 1 aliphatic heterocycles. The lowest BCUT2D eigenvalue weighted by Crippen LogP contribution is -2.41. The van der Waals surface area contributed by atoms with E-state index in [0.29, 0.717) is 12.5 Å². The van der Waals surface area contributed by atoms with E-state index in [1.54, 1.807) is 5.01 Å². The minimum Gasteiger partial charge on any atom is -0.473 e. The summed E-state index contributed by atoms with van der Waals surface area (Å²) in [6.07, 6.45) is 2.89. The van der Waals surface area contributed by atoms with Gasteiger partial charge in [-0.2, -0.15) is 0 Å². The van der Waals surface area contributed by atoms with Crippen LogP contribution in [0.15, 0.2) is 35.1 Å². The number of aromatic nitrogens is 1. The molecule has 0 saturated carbocycles. The zero-order valence-corrected chi connectivity index (χ0v) is 19.4. The summed E-state index contributed by atoms with van der Waals surface area (Å²) in [5.74, 6) is 6.59. The van der Waals surface area contributed by atoms with Crippen molar-refractivity contribution in [1.82, 2.24) is 9.99 Å². The summed E-state index contributed by atoms with van der Waals surface area (Å²) in [7, 11) is 1.42. The fraction of sp³-hybridized carbons (Fsp3) is 0.591. The van der Waals surface area contributed by atoms with E-state index in [4.69, 9.17) is 19.9 Å². The number of ether oxygens (including phenoxy) is 1. The summed E-state index contributed by atoms with van der Waals surface area (Å²) in [6.45, 7) is 16.7. The summed E-state index contributed by atoms with van der Waals surface area (Å²) in [5, 5.41) is 1.66. The summed E-state index contributed by atoms with van der Waals surface area (Å²) in [6, 6.07) is 3.84. The summed E-state index contributed by atoms with van der Waals surface area (Å²) >= 11 is 0. The molecular weight excluding hydrogens is 365 g/mol. The number of nitrogens with two attached hydrogens (primary N) is 1. The van der Waals surface area contributed by atoms with Crippen LogP contribution in [0.2, 0.25) is 0 Å². The van der Waals surface area contributed by atoms with Crippen molar-refractivity contribution in [1.29, 1.82) is 0 Å². The minimum absolute atomic E-state index is 0.381. The van der Waals surface area contributed by atoms with Gasteiger partial charge >= 0.3 is 7.12 Å². The van der Waals surface area contributed by atoms with Gasteiger partial charge in [-0.3, -0.25) is 0 Å². The largest absolute Gasteiger partial charge is 0.496 e. The molecular formula is C22H36BN3O3. The van der Waals surface area contributed by atoms with Crippen molar-refractivity contribution in [3.8, 4) is 5.88 Å². The van der Waals surface area contributed by atoms with E-state index in [-0.39, 0.29) is 11.2 Å². The summed E-state index contributed by atoms with van der Waals surface area (Å²) in [5.41, 5.74) is 4.26. The Morgan fingerprint density at radius 2 is 1.83 bits per heavy atom. The highest BCUT2D eigenvalue weighted by molar-refractivity contribution is 6.62. The predicted molar refractivity (Wildman–Crippen MR) is 119 cm³/mol. The van der Waals surface area contributed by atoms with Crippen molar-refractivity contribution in [2.24, 2.45) is 5.84 Å². The SMILES string of the molecule is C/C=C(C)\C(COc1ccc(B2OC(C)(C)C(C)(C)O2)c(C)n1)=C(/CC)N(C)N. The highest BCUT2D eigenvalue weighted by Crippen LogP contribution is 2.36. The Labute approximate surface area is 176 Å². The zero-order chi connectivity index (χ0) is 22.0. The number of rotatable bonds is 7. The maximum atomic E-state index is 6.15. The van der Waals surface area contributed by atoms with Crippen LogP contribution in [0.3, 0.4) is 0 Å². The van der Waals surface area contributed by atoms with Gasteiger partial charge in [0.05, 0.1) is 11.2 Å². The standard InChI is InChI=1S/C22H36BN3O3/c1-10-15(3)17(19(11-2)26(9)24)14-27-20-13-12-18(16(4)25-20)23-28-21(5,6)22(7,8)29-23/h10,12-13H,11,14,24H2,1-9H3/b15-10-,19-17+. The van der Waals surface area contributed by atoms with Crippen LogP contribution < -0.4 is 16.0 Å². The average Bonchev–Trinajstić information content (AvgIpc) is 2.84. The van der Waals surface area contributed by atoms with Gasteiger partial charge in [0.1, 0.15) is 6.61 Å². The molecule has 0 spiro atoms. The van der Waals surface area contributed by atoms with Crippen LogP contribution in [-0.4, -0.2) is 42.0 Å². The first-order chi connectivity index (χ1) is 13.4. The Balaban J connectivity index is 2.21. The highest BCUT2D eigenvalue weighted by Gasteiger charge is 2.52. The number of hydrazine groups is 1. The highest BCUT2D eigenvalue weighted by atomic mass is 16.7. The maximum absolute atomic E-state index is 6.15. The monoisotopic (exact) mass is 401 g/mol. The second kappa shape index (κ2) is 8.90. The van der Waals surface area contributed by atoms with Crippen molar-refractivity contribution in [3.05, 3.63) is 40.7 Å². The number of hydrogen-bond donors (Lipinski definition) is 1. The van der Waals surface area contributed by atoms with Crippen LogP contribution in [0, 0.1) is 6.92 Å². The Morgan fingerprint density at radius 1 is 1.24 bits per heavy atom. The first-order valence-corrected chi connectivity index (χ1v) is 10.2. The molecule has 2 rings (SSSR count). The molecule has 1 aromatic rings. The third kappa shape index (κ3) is 5.02. The van der Waals surface area contributed by atoms with Gasteiger partial charge in [0.15, 0.2) is 0 Å². The number of hydrogen-bond acceptors (Lipinski definition) is 6. The second-order valence-corrected chi connectivity index (χ2v) is 8.56. The van der Waals surface area contributed by atoms with E-state index in [0.717, 1.165) is 34.4 Å². The van der Waals surface area contributed by atoms with Crippen LogP contribution in [0.5, 0.6) is 5.88 Å². The molecule has 0 unspecified atom stereocenters. The van der Waals surface area contributed by atoms with Crippen molar-refractivity contribution in [2.45, 2.75) is 73.0 Å². The van der Waals surface area contributed by atoms with Gasteiger partial charge < -0.3 is 19.1 Å². The predicted octanol–water partition coefficient (Wildman–Crippen LogP) is 3.50. The van der Waals surface area contributed by atoms with Crippen molar-refractivity contribution < 1.29 is 14.0 Å². The quantitative estimate of drug-likeness (QED) is 0.326. The number of pyridine rings is 1. The Morgan fingerprint density at radius 3 is 2.28 bits per heavy atom. The van der Waals surface area contributed by atoms with E-state index >= 15 is 0 Å². The van der Waals surface area contributed by atoms with E-state index in [1.165, 1.54) is 0 Å². The Hall–Kier alpha value is -1.83. The third-order valence-corrected chi connectivity index (χ3v) is 5.99. The van der Waals surface area contributed by atoms with Crippen LogP contribution in [0.25, 0.3) is 0 Å². The van der Waals surface area contributed by atoms with E-state index in [9.17, 15) is 0 Å². The minimum atomic E-state index is -0.431. The van der Waals surface area contributed by atoms with E-state index in [2.05, 4.69) is 24.9 Å². The van der Waals surface area contributed by atoms with Crippen molar-refractivity contribution in [3.63, 3.8) is 0 Å². The van der Waals surface area contributed by atoms with Crippen molar-refractivity contribution >= 4 is 12.6 Å². The molecule has 0 radical (unpaired) electrons. The maximum Gasteiger partial charge on any atom is 0.496 e. The average molecular weight is 401 g/mol. The molecule has 29 heavy (non-hydrogen) atoms. The molecule has 1 aromatic heterocycles. The molecule has 2 heterocycles. The lowest BCUT2D eigenvalue weighted by molar-refractivity contribution is 0.00578. The number of nitrogens with zero attached hydrogens (tertiary/aromatic N) is 2. The molecule has 0 aliphatic carbocycles. The molecule has 0 atom stereocenters. The zero-order valence-electron chi connectivity index (χ0n) is 19.4. The normalized spacial score (nSPS) is 19.2. The summed E-state index contributed by atoms with van der Waals surface area (Å²) in [4.78, 5) is 4.63. The van der Waals surface area contributed by atoms with Crippen LogP contribution in [0.1, 0.15) is 60.6 Å². The van der Waals surface area contributed by atoms with Gasteiger partial charge in [0, 0.05) is 29.5 Å². The van der Waals surface area contributed by atoms with Crippen LogP contribution >= 0.6 is 0 Å². The number of allylic oxidation sites excluding steroid dienone is 2. The molecule has 6 nitrogen and oxygen atoms in total. The molecule has 160 valence electrons. The van der Waals surface area contributed by atoms with Gasteiger partial charge in [-0.15, -0.1) is 0 Å². The molecule has 2 N–H and O–H groups in total. The topological polar surface area (TPSA) is 69.8 Å². The first-order valence-electron chi connectivity index (χ1n) is 10.2. The number of aryl methyl sites for hydroxylation is 1. The lowest BCUT2D eigenvalue weighted by Gasteiger charge is -2.32. The van der Waals surface area contributed by atoms with Gasteiger partial charge in [-0.05, 0) is 66.5 Å². The van der Waals surface area contributed by atoms with Crippen LogP contribution in [0.4, 0.5) is 0 Å². The molecule has 7 heteroatoms. The first kappa shape index (κ1) is 23.5. The lowest BCUT2D eigenvalue weighted by atomic mass is 9.78. The van der Waals surface area contributed by atoms with E-state index < -0.39 is 7.12 Å². The smallest absolute Gasteiger partial charge is 0.473 e. The van der Waals surface area contributed by atoms with E-state index in [1.807, 2.05) is 60.7 Å². The molecule has 0 amide bonds. The Kier molecular flexibility index (Phi) is 7.20. The molecule has 1 fully saturated rings. The molecule has 0 aromatic carbocycles. The fourth-order valence-corrected chi connectivity index (χ4v) is 3.27. The molecule has 1 saturated heterocycles. The van der Waals surface area contributed by atoms with Gasteiger partial charge in [-0.25, -0.2) is 10.8 Å². The van der Waals surface area contributed by atoms with Crippen LogP contribution in [-0.2, 0) is 9.31 Å². The Bertz CT molecular complexity index is 784. The fourth-order valence-electron chi connectivity index (χ4n) is 3.27. The van der Waals surface area contributed by atoms with Crippen molar-refractivity contribution in [2.75, 3.05) is 13.7 Å².